The molecule has 3 N–H and O–H groups in total. The molecule has 3 rings (SSSR count). The number of aromatic nitrogens is 2. The Morgan fingerprint density at radius 2 is 1.63 bits per heavy atom. The van der Waals surface area contributed by atoms with Crippen molar-refractivity contribution in [1.29, 1.82) is 0 Å². The van der Waals surface area contributed by atoms with Gasteiger partial charge in [0, 0.05) is 35.5 Å². The van der Waals surface area contributed by atoms with Crippen molar-refractivity contribution in [2.24, 2.45) is 5.92 Å². The number of nitrogens with one attached hydrogen (secondary N) is 2. The van der Waals surface area contributed by atoms with Gasteiger partial charge in [-0.2, -0.15) is 4.98 Å². The second-order valence-corrected chi connectivity index (χ2v) is 7.94. The van der Waals surface area contributed by atoms with E-state index in [1.165, 1.54) is 32.4 Å². The first-order valence-corrected chi connectivity index (χ1v) is 10.7. The van der Waals surface area contributed by atoms with Crippen LogP contribution >= 0.6 is 0 Å². The molecule has 3 aromatic rings. The number of hydrogen-bond donors (Lipinski definition) is 3. The zero-order chi connectivity index (χ0) is 25.6. The van der Waals surface area contributed by atoms with E-state index < -0.39 is 6.36 Å². The third kappa shape index (κ3) is 7.38. The summed E-state index contributed by atoms with van der Waals surface area (Å²) in [6.45, 7) is 3.70. The molecule has 0 aliphatic heterocycles. The van der Waals surface area contributed by atoms with Crippen molar-refractivity contribution >= 4 is 17.5 Å². The standard InChI is InChI=1S/C24H27F3N4O4/c1-14(2)21(13-32)30-23-29-20(15-6-5-7-17(8-15)35-24(25,26)27)12-22(31-23)28-16-9-18(33-3)11-19(10-16)34-4/h5-12,14,21,32H,13H2,1-4H3,(H2,28,29,30,31)/t21-/m0/s1. The first-order valence-electron chi connectivity index (χ1n) is 10.7. The van der Waals surface area contributed by atoms with Crippen LogP contribution in [-0.2, 0) is 0 Å². The zero-order valence-corrected chi connectivity index (χ0v) is 19.7. The Bertz CT molecular complexity index is 1120. The summed E-state index contributed by atoms with van der Waals surface area (Å²) in [6, 6.07) is 11.9. The zero-order valence-electron chi connectivity index (χ0n) is 19.7. The quantitative estimate of drug-likeness (QED) is 0.354. The van der Waals surface area contributed by atoms with E-state index >= 15 is 0 Å². The lowest BCUT2D eigenvalue weighted by molar-refractivity contribution is -0.274. The number of aliphatic hydroxyl groups excluding tert-OH is 1. The maximum Gasteiger partial charge on any atom is 0.573 e. The fourth-order valence-electron chi connectivity index (χ4n) is 3.19. The normalized spacial score (nSPS) is 12.3. The molecule has 0 radical (unpaired) electrons. The number of aliphatic hydroxyl groups is 1. The minimum atomic E-state index is -4.82. The van der Waals surface area contributed by atoms with E-state index in [2.05, 4.69) is 25.3 Å². The van der Waals surface area contributed by atoms with Gasteiger partial charge in [0.1, 0.15) is 23.1 Å². The van der Waals surface area contributed by atoms with Gasteiger partial charge in [0.25, 0.3) is 0 Å². The molecule has 188 valence electrons. The summed E-state index contributed by atoms with van der Waals surface area (Å²) in [4.78, 5) is 8.94. The maximum atomic E-state index is 12.7. The summed E-state index contributed by atoms with van der Waals surface area (Å²) in [5.41, 5.74) is 1.33. The molecule has 1 aromatic heterocycles. The van der Waals surface area contributed by atoms with E-state index in [-0.39, 0.29) is 30.3 Å². The third-order valence-electron chi connectivity index (χ3n) is 5.03. The fraction of sp³-hybridized carbons (Fsp3) is 0.333. The Morgan fingerprint density at radius 1 is 0.943 bits per heavy atom. The first-order chi connectivity index (χ1) is 16.6. The van der Waals surface area contributed by atoms with Gasteiger partial charge in [0.15, 0.2) is 0 Å². The van der Waals surface area contributed by atoms with Crippen LogP contribution in [-0.4, -0.2) is 48.3 Å². The van der Waals surface area contributed by atoms with E-state index in [4.69, 9.17) is 9.47 Å². The number of anilines is 3. The summed E-state index contributed by atoms with van der Waals surface area (Å²) >= 11 is 0. The largest absolute Gasteiger partial charge is 0.573 e. The van der Waals surface area contributed by atoms with Gasteiger partial charge in [-0.1, -0.05) is 26.0 Å². The van der Waals surface area contributed by atoms with Gasteiger partial charge in [-0.05, 0) is 18.1 Å². The maximum absolute atomic E-state index is 12.7. The molecule has 0 bridgehead atoms. The number of benzene rings is 2. The molecular formula is C24H27F3N4O4. The van der Waals surface area contributed by atoms with Crippen molar-refractivity contribution in [1.82, 2.24) is 9.97 Å². The molecule has 1 atom stereocenters. The third-order valence-corrected chi connectivity index (χ3v) is 5.03. The van der Waals surface area contributed by atoms with Gasteiger partial charge in [0.05, 0.1) is 32.6 Å². The summed E-state index contributed by atoms with van der Waals surface area (Å²) in [6.07, 6.45) is -4.82. The number of halogens is 3. The average molecular weight is 492 g/mol. The first kappa shape index (κ1) is 25.9. The smallest absolute Gasteiger partial charge is 0.497 e. The topological polar surface area (TPSA) is 97.8 Å². The summed E-state index contributed by atoms with van der Waals surface area (Å²) in [5.74, 6) is 1.35. The fourth-order valence-corrected chi connectivity index (χ4v) is 3.19. The van der Waals surface area contributed by atoms with Gasteiger partial charge in [-0.25, -0.2) is 4.98 Å². The molecule has 8 nitrogen and oxygen atoms in total. The van der Waals surface area contributed by atoms with Crippen LogP contribution in [0.5, 0.6) is 17.2 Å². The highest BCUT2D eigenvalue weighted by Gasteiger charge is 2.31. The average Bonchev–Trinajstić information content (AvgIpc) is 2.81. The van der Waals surface area contributed by atoms with E-state index in [1.54, 1.807) is 30.3 Å². The van der Waals surface area contributed by atoms with E-state index in [1.807, 2.05) is 13.8 Å². The predicted octanol–water partition coefficient (Wildman–Crippen LogP) is 5.23. The number of nitrogens with zero attached hydrogens (tertiary/aromatic N) is 2. The number of methoxy groups -OCH3 is 2. The number of alkyl halides is 3. The highest BCUT2D eigenvalue weighted by molar-refractivity contribution is 5.69. The second-order valence-electron chi connectivity index (χ2n) is 7.94. The lowest BCUT2D eigenvalue weighted by Crippen LogP contribution is -2.30. The minimum absolute atomic E-state index is 0.0647. The van der Waals surface area contributed by atoms with Gasteiger partial charge in [-0.3, -0.25) is 0 Å². The highest BCUT2D eigenvalue weighted by Crippen LogP contribution is 2.31. The van der Waals surface area contributed by atoms with Gasteiger partial charge in [0.2, 0.25) is 5.95 Å². The molecule has 0 aliphatic rings. The lowest BCUT2D eigenvalue weighted by Gasteiger charge is -2.21. The predicted molar refractivity (Wildman–Crippen MR) is 126 cm³/mol. The summed E-state index contributed by atoms with van der Waals surface area (Å²) in [5, 5.41) is 16.0. The van der Waals surface area contributed by atoms with E-state index in [9.17, 15) is 18.3 Å². The van der Waals surface area contributed by atoms with Crippen LogP contribution in [0.25, 0.3) is 11.3 Å². The Labute approximate surface area is 201 Å². The molecule has 0 spiro atoms. The summed E-state index contributed by atoms with van der Waals surface area (Å²) < 4.78 is 52.8. The number of rotatable bonds is 10. The van der Waals surface area contributed by atoms with Crippen LogP contribution in [0, 0.1) is 5.92 Å². The van der Waals surface area contributed by atoms with Crippen molar-refractivity contribution in [2.75, 3.05) is 31.5 Å². The number of hydrogen-bond acceptors (Lipinski definition) is 8. The molecule has 0 aliphatic carbocycles. The SMILES string of the molecule is COc1cc(Nc2cc(-c3cccc(OC(F)(F)F)c3)nc(N[C@@H](CO)C(C)C)n2)cc(OC)c1. The number of ether oxygens (including phenoxy) is 3. The monoisotopic (exact) mass is 492 g/mol. The molecule has 35 heavy (non-hydrogen) atoms. The van der Waals surface area contributed by atoms with Gasteiger partial charge in [-0.15, -0.1) is 13.2 Å². The lowest BCUT2D eigenvalue weighted by atomic mass is 10.1. The van der Waals surface area contributed by atoms with Crippen molar-refractivity contribution < 1.29 is 32.5 Å². The highest BCUT2D eigenvalue weighted by atomic mass is 19.4. The van der Waals surface area contributed by atoms with Crippen LogP contribution in [0.1, 0.15) is 13.8 Å². The Morgan fingerprint density at radius 3 is 2.20 bits per heavy atom. The van der Waals surface area contributed by atoms with Gasteiger partial charge < -0.3 is 30.0 Å². The van der Waals surface area contributed by atoms with Crippen molar-refractivity contribution in [3.8, 4) is 28.5 Å². The molecule has 2 aromatic carbocycles. The summed E-state index contributed by atoms with van der Waals surface area (Å²) in [7, 11) is 3.06. The minimum Gasteiger partial charge on any atom is -0.497 e. The molecule has 0 amide bonds. The Hall–Kier alpha value is -3.73. The van der Waals surface area contributed by atoms with Gasteiger partial charge >= 0.3 is 6.36 Å². The van der Waals surface area contributed by atoms with Crippen molar-refractivity contribution in [2.45, 2.75) is 26.3 Å². The van der Waals surface area contributed by atoms with Crippen LogP contribution in [0.15, 0.2) is 48.5 Å². The van der Waals surface area contributed by atoms with E-state index in [0.717, 1.165) is 0 Å². The van der Waals surface area contributed by atoms with Crippen LogP contribution in [0.2, 0.25) is 0 Å². The Kier molecular flexibility index (Phi) is 8.23. The molecule has 1 heterocycles. The van der Waals surface area contributed by atoms with Crippen molar-refractivity contribution in [3.05, 3.63) is 48.5 Å². The van der Waals surface area contributed by atoms with E-state index in [0.29, 0.717) is 34.3 Å². The molecule has 11 heteroatoms. The van der Waals surface area contributed by atoms with Crippen LogP contribution < -0.4 is 24.8 Å². The molecule has 0 fully saturated rings. The molecule has 0 saturated carbocycles. The Balaban J connectivity index is 2.04. The van der Waals surface area contributed by atoms with Crippen molar-refractivity contribution in [3.63, 3.8) is 0 Å². The van der Waals surface area contributed by atoms with Crippen LogP contribution in [0.3, 0.4) is 0 Å². The molecule has 0 saturated heterocycles. The molecule has 0 unspecified atom stereocenters. The van der Waals surface area contributed by atoms with Crippen LogP contribution in [0.4, 0.5) is 30.6 Å². The molecular weight excluding hydrogens is 465 g/mol. The second kappa shape index (κ2) is 11.1.